The molecule has 0 aliphatic carbocycles. The molecule has 1 aromatic rings. The van der Waals surface area contributed by atoms with E-state index >= 15 is 0 Å². The molecule has 120 valence electrons. The Morgan fingerprint density at radius 3 is 2.59 bits per heavy atom. The number of amides is 3. The van der Waals surface area contributed by atoms with Crippen molar-refractivity contribution in [1.82, 2.24) is 15.0 Å². The van der Waals surface area contributed by atoms with E-state index in [9.17, 15) is 9.59 Å². The summed E-state index contributed by atoms with van der Waals surface area (Å²) >= 11 is 0. The zero-order valence-electron chi connectivity index (χ0n) is 13.0. The van der Waals surface area contributed by atoms with Crippen LogP contribution in [0.3, 0.4) is 0 Å². The lowest BCUT2D eigenvalue weighted by Crippen LogP contribution is -2.53. The molecule has 2 rings (SSSR count). The third-order valence-corrected chi connectivity index (χ3v) is 3.99. The van der Waals surface area contributed by atoms with E-state index in [1.807, 2.05) is 13.8 Å². The van der Waals surface area contributed by atoms with Gasteiger partial charge < -0.3 is 11.1 Å². The topological polar surface area (TPSA) is 91.6 Å². The minimum atomic E-state index is -0.584. The van der Waals surface area contributed by atoms with Crippen LogP contribution in [0, 0.1) is 5.92 Å². The van der Waals surface area contributed by atoms with E-state index in [2.05, 4.69) is 10.3 Å². The first-order valence-electron chi connectivity index (χ1n) is 7.60. The van der Waals surface area contributed by atoms with E-state index in [0.29, 0.717) is 18.8 Å². The fraction of sp³-hybridized carbons (Fsp3) is 0.533. The maximum absolute atomic E-state index is 12.5. The Kier molecular flexibility index (Phi) is 5.32. The van der Waals surface area contributed by atoms with Crippen molar-refractivity contribution in [2.45, 2.75) is 32.7 Å². The summed E-state index contributed by atoms with van der Waals surface area (Å²) in [5.74, 6) is -0.116. The van der Waals surface area contributed by atoms with Crippen LogP contribution in [0.4, 0.5) is 10.5 Å². The predicted molar refractivity (Wildman–Crippen MR) is 83.7 cm³/mol. The standard InChI is InChI=1S/C15H23N5O2/c1-3-11(2)13(16)14(21)19-9-4-10-20(19)15(22)18-12-5-7-17-8-6-12/h5-8,11,13H,3-4,9-10,16H2,1-2H3,(H,17,18,22)/t11-,13-/m0/s1. The molecular weight excluding hydrogens is 282 g/mol. The van der Waals surface area contributed by atoms with E-state index in [0.717, 1.165) is 12.8 Å². The second-order valence-corrected chi connectivity index (χ2v) is 5.52. The number of anilines is 1. The minimum absolute atomic E-state index is 0.0817. The van der Waals surface area contributed by atoms with E-state index < -0.39 is 6.04 Å². The first-order valence-corrected chi connectivity index (χ1v) is 7.60. The van der Waals surface area contributed by atoms with Crippen molar-refractivity contribution in [2.24, 2.45) is 11.7 Å². The Labute approximate surface area is 130 Å². The van der Waals surface area contributed by atoms with Gasteiger partial charge in [-0.05, 0) is 24.5 Å². The Balaban J connectivity index is 2.03. The summed E-state index contributed by atoms with van der Waals surface area (Å²) in [5, 5.41) is 5.66. The summed E-state index contributed by atoms with van der Waals surface area (Å²) in [6, 6.07) is 2.49. The summed E-state index contributed by atoms with van der Waals surface area (Å²) in [5.41, 5.74) is 6.65. The molecule has 0 radical (unpaired) electrons. The van der Waals surface area contributed by atoms with Crippen LogP contribution in [0.2, 0.25) is 0 Å². The maximum atomic E-state index is 12.5. The highest BCUT2D eigenvalue weighted by molar-refractivity contribution is 5.92. The van der Waals surface area contributed by atoms with Crippen LogP contribution in [0.15, 0.2) is 24.5 Å². The Morgan fingerprint density at radius 2 is 1.95 bits per heavy atom. The number of urea groups is 1. The monoisotopic (exact) mass is 305 g/mol. The van der Waals surface area contributed by atoms with E-state index in [1.54, 1.807) is 24.5 Å². The zero-order valence-corrected chi connectivity index (χ0v) is 13.0. The van der Waals surface area contributed by atoms with Crippen molar-refractivity contribution >= 4 is 17.6 Å². The summed E-state index contributed by atoms with van der Waals surface area (Å²) in [6.07, 6.45) is 4.77. The lowest BCUT2D eigenvalue weighted by molar-refractivity contribution is -0.142. The van der Waals surface area contributed by atoms with Gasteiger partial charge in [0.1, 0.15) is 0 Å². The van der Waals surface area contributed by atoms with Crippen LogP contribution in [0.1, 0.15) is 26.7 Å². The average molecular weight is 305 g/mol. The minimum Gasteiger partial charge on any atom is -0.320 e. The van der Waals surface area contributed by atoms with Crippen LogP contribution in [0.25, 0.3) is 0 Å². The molecule has 0 aromatic carbocycles. The molecule has 7 nitrogen and oxygen atoms in total. The first-order chi connectivity index (χ1) is 10.5. The van der Waals surface area contributed by atoms with Gasteiger partial charge in [0, 0.05) is 31.2 Å². The normalized spacial score (nSPS) is 17.2. The molecular formula is C15H23N5O2. The first kappa shape index (κ1) is 16.2. The Bertz CT molecular complexity index is 522. The third kappa shape index (κ3) is 3.54. The number of nitrogens with zero attached hydrogens (tertiary/aromatic N) is 3. The van der Waals surface area contributed by atoms with E-state index in [1.165, 1.54) is 10.0 Å². The molecule has 1 aliphatic heterocycles. The molecule has 0 unspecified atom stereocenters. The fourth-order valence-electron chi connectivity index (χ4n) is 2.34. The number of nitrogens with two attached hydrogens (primary N) is 1. The van der Waals surface area contributed by atoms with Gasteiger partial charge in [0.15, 0.2) is 0 Å². The number of pyridine rings is 1. The van der Waals surface area contributed by atoms with E-state index in [4.69, 9.17) is 5.73 Å². The molecule has 2 heterocycles. The van der Waals surface area contributed by atoms with Gasteiger partial charge in [-0.25, -0.2) is 14.8 Å². The number of hydrogen-bond acceptors (Lipinski definition) is 4. The van der Waals surface area contributed by atoms with Gasteiger partial charge in [-0.1, -0.05) is 20.3 Å². The van der Waals surface area contributed by atoms with Gasteiger partial charge in [0.2, 0.25) is 0 Å². The number of carbonyl (C=O) groups excluding carboxylic acids is 2. The molecule has 1 fully saturated rings. The molecule has 1 saturated heterocycles. The van der Waals surface area contributed by atoms with Gasteiger partial charge in [-0.15, -0.1) is 0 Å². The largest absolute Gasteiger partial charge is 0.340 e. The molecule has 0 bridgehead atoms. The number of nitrogens with one attached hydrogen (secondary N) is 1. The van der Waals surface area contributed by atoms with Crippen molar-refractivity contribution in [3.63, 3.8) is 0 Å². The van der Waals surface area contributed by atoms with Crippen molar-refractivity contribution in [3.05, 3.63) is 24.5 Å². The number of hydrogen-bond donors (Lipinski definition) is 2. The zero-order chi connectivity index (χ0) is 16.1. The van der Waals surface area contributed by atoms with Gasteiger partial charge >= 0.3 is 6.03 Å². The number of carbonyl (C=O) groups is 2. The van der Waals surface area contributed by atoms with Crippen molar-refractivity contribution < 1.29 is 9.59 Å². The summed E-state index contributed by atoms with van der Waals surface area (Å²) in [6.45, 7) is 4.97. The summed E-state index contributed by atoms with van der Waals surface area (Å²) < 4.78 is 0. The lowest BCUT2D eigenvalue weighted by Gasteiger charge is -2.31. The van der Waals surface area contributed by atoms with Crippen LogP contribution < -0.4 is 11.1 Å². The maximum Gasteiger partial charge on any atom is 0.340 e. The van der Waals surface area contributed by atoms with Gasteiger partial charge in [-0.3, -0.25) is 9.78 Å². The lowest BCUT2D eigenvalue weighted by atomic mass is 9.99. The Morgan fingerprint density at radius 1 is 1.32 bits per heavy atom. The Hall–Kier alpha value is -2.15. The molecule has 22 heavy (non-hydrogen) atoms. The third-order valence-electron chi connectivity index (χ3n) is 3.99. The smallest absolute Gasteiger partial charge is 0.320 e. The van der Waals surface area contributed by atoms with Gasteiger partial charge in [-0.2, -0.15) is 0 Å². The molecule has 0 saturated carbocycles. The second-order valence-electron chi connectivity index (χ2n) is 5.52. The van der Waals surface area contributed by atoms with Crippen LogP contribution in [-0.2, 0) is 4.79 Å². The highest BCUT2D eigenvalue weighted by atomic mass is 16.2. The SMILES string of the molecule is CC[C@H](C)[C@H](N)C(=O)N1CCCN1C(=O)Nc1ccncc1. The quantitative estimate of drug-likeness (QED) is 0.880. The van der Waals surface area contributed by atoms with Gasteiger partial charge in [0.05, 0.1) is 6.04 Å². The fourth-order valence-corrected chi connectivity index (χ4v) is 2.34. The molecule has 2 atom stereocenters. The number of aromatic nitrogens is 1. The predicted octanol–water partition coefficient (Wildman–Crippen LogP) is 1.44. The number of hydrazine groups is 1. The molecule has 3 N–H and O–H groups in total. The van der Waals surface area contributed by atoms with Crippen LogP contribution in [-0.4, -0.2) is 46.1 Å². The molecule has 7 heteroatoms. The molecule has 3 amide bonds. The van der Waals surface area contributed by atoms with Crippen molar-refractivity contribution in [1.29, 1.82) is 0 Å². The average Bonchev–Trinajstić information content (AvgIpc) is 3.03. The number of rotatable bonds is 4. The second kappa shape index (κ2) is 7.22. The van der Waals surface area contributed by atoms with Crippen molar-refractivity contribution in [3.8, 4) is 0 Å². The van der Waals surface area contributed by atoms with Crippen LogP contribution in [0.5, 0.6) is 0 Å². The summed E-state index contributed by atoms with van der Waals surface area (Å²) in [4.78, 5) is 28.7. The van der Waals surface area contributed by atoms with Crippen LogP contribution >= 0.6 is 0 Å². The highest BCUT2D eigenvalue weighted by Gasteiger charge is 2.34. The van der Waals surface area contributed by atoms with E-state index in [-0.39, 0.29) is 17.9 Å². The van der Waals surface area contributed by atoms with Gasteiger partial charge in [0.25, 0.3) is 5.91 Å². The molecule has 1 aromatic heterocycles. The highest BCUT2D eigenvalue weighted by Crippen LogP contribution is 2.17. The molecule has 1 aliphatic rings. The molecule has 0 spiro atoms. The summed E-state index contributed by atoms with van der Waals surface area (Å²) in [7, 11) is 0. The van der Waals surface area contributed by atoms with Crippen molar-refractivity contribution in [2.75, 3.05) is 18.4 Å².